The molecule has 0 fully saturated rings. The fraction of sp³-hybridized carbons (Fsp3) is 0.211. The number of amides is 2. The van der Waals surface area contributed by atoms with Crippen molar-refractivity contribution in [2.24, 2.45) is 0 Å². The maximum Gasteiger partial charge on any atom is 0.266 e. The second-order valence-electron chi connectivity index (χ2n) is 5.45. The van der Waals surface area contributed by atoms with Crippen molar-refractivity contribution in [2.75, 3.05) is 13.0 Å². The van der Waals surface area contributed by atoms with Crippen molar-refractivity contribution in [1.82, 2.24) is 10.9 Å². The Balaban J connectivity index is 2.13. The number of alkyl halides is 1. The Morgan fingerprint density at radius 3 is 2.48 bits per heavy atom. The number of hydrazine groups is 1. The number of ketones is 1. The first-order valence-electron chi connectivity index (χ1n) is 8.10. The number of halogens is 1. The number of ether oxygens (including phenoxy) is 1. The van der Waals surface area contributed by atoms with Crippen LogP contribution in [0.2, 0.25) is 0 Å². The van der Waals surface area contributed by atoms with Crippen LogP contribution >= 0.6 is 11.6 Å². The number of hydrogen-bond acceptors (Lipinski definition) is 5. The van der Waals surface area contributed by atoms with Gasteiger partial charge in [0.1, 0.15) is 11.5 Å². The number of rotatable bonds is 8. The lowest BCUT2D eigenvalue weighted by atomic mass is 10.0. The number of carbonyl (C=O) groups excluding carboxylic acids is 3. The molecule has 0 aliphatic carbocycles. The first kappa shape index (κ1) is 20.3. The van der Waals surface area contributed by atoms with Gasteiger partial charge >= 0.3 is 0 Å². The summed E-state index contributed by atoms with van der Waals surface area (Å²) >= 11 is 5.48. The Morgan fingerprint density at radius 2 is 1.89 bits per heavy atom. The maximum atomic E-state index is 12.5. The van der Waals surface area contributed by atoms with E-state index in [1.54, 1.807) is 36.4 Å². The largest absolute Gasteiger partial charge is 0.497 e. The Kier molecular flexibility index (Phi) is 7.63. The summed E-state index contributed by atoms with van der Waals surface area (Å²) < 4.78 is 10.3. The van der Waals surface area contributed by atoms with Crippen LogP contribution in [0.1, 0.15) is 29.0 Å². The molecule has 0 bridgehead atoms. The summed E-state index contributed by atoms with van der Waals surface area (Å²) in [5.41, 5.74) is 5.09. The van der Waals surface area contributed by atoms with Gasteiger partial charge in [0.15, 0.2) is 5.78 Å². The highest BCUT2D eigenvalue weighted by molar-refractivity contribution is 6.19. The van der Waals surface area contributed by atoms with Gasteiger partial charge in [-0.1, -0.05) is 0 Å². The average Bonchev–Trinajstić information content (AvgIpc) is 3.19. The zero-order valence-electron chi connectivity index (χ0n) is 14.7. The van der Waals surface area contributed by atoms with Crippen molar-refractivity contribution < 1.29 is 23.5 Å². The summed E-state index contributed by atoms with van der Waals surface area (Å²) in [5.74, 6) is -0.147. The third-order valence-electron chi connectivity index (χ3n) is 3.55. The lowest BCUT2D eigenvalue weighted by Gasteiger charge is -2.10. The fourth-order valence-electron chi connectivity index (χ4n) is 2.15. The van der Waals surface area contributed by atoms with Gasteiger partial charge in [-0.05, 0) is 42.5 Å². The highest BCUT2D eigenvalue weighted by Crippen LogP contribution is 2.17. The zero-order valence-corrected chi connectivity index (χ0v) is 15.4. The second kappa shape index (κ2) is 10.2. The molecule has 2 N–H and O–H groups in total. The van der Waals surface area contributed by atoms with Crippen LogP contribution in [-0.2, 0) is 9.59 Å². The highest BCUT2D eigenvalue weighted by atomic mass is 35.5. The highest BCUT2D eigenvalue weighted by Gasteiger charge is 2.17. The quantitative estimate of drug-likeness (QED) is 0.312. The molecule has 0 saturated heterocycles. The summed E-state index contributed by atoms with van der Waals surface area (Å²) in [7, 11) is 1.53. The maximum absolute atomic E-state index is 12.5. The minimum Gasteiger partial charge on any atom is -0.497 e. The molecule has 0 saturated carbocycles. The Hall–Kier alpha value is -3.06. The van der Waals surface area contributed by atoms with Gasteiger partial charge in [0.25, 0.3) is 5.91 Å². The lowest BCUT2D eigenvalue weighted by Crippen LogP contribution is -2.42. The third-order valence-corrected chi connectivity index (χ3v) is 3.74. The first-order valence-corrected chi connectivity index (χ1v) is 8.63. The van der Waals surface area contributed by atoms with E-state index in [4.69, 9.17) is 20.8 Å². The summed E-state index contributed by atoms with van der Waals surface area (Å²) in [5, 5.41) is 0. The van der Waals surface area contributed by atoms with Gasteiger partial charge in [-0.3, -0.25) is 25.2 Å². The van der Waals surface area contributed by atoms with E-state index in [1.165, 1.54) is 19.4 Å². The molecule has 0 atom stereocenters. The summed E-state index contributed by atoms with van der Waals surface area (Å²) in [6.45, 7) is 0. The van der Waals surface area contributed by atoms with Crippen LogP contribution in [0.3, 0.4) is 0 Å². The van der Waals surface area contributed by atoms with Crippen LogP contribution in [0.5, 0.6) is 5.75 Å². The van der Waals surface area contributed by atoms with Gasteiger partial charge in [0.2, 0.25) is 5.91 Å². The van der Waals surface area contributed by atoms with Crippen molar-refractivity contribution in [1.29, 1.82) is 0 Å². The van der Waals surface area contributed by atoms with Crippen molar-refractivity contribution in [3.63, 3.8) is 0 Å². The molecule has 1 aromatic carbocycles. The Labute approximate surface area is 161 Å². The first-order chi connectivity index (χ1) is 13.0. The van der Waals surface area contributed by atoms with E-state index in [1.807, 2.05) is 0 Å². The molecule has 0 aliphatic rings. The summed E-state index contributed by atoms with van der Waals surface area (Å²) in [6, 6.07) is 9.87. The smallest absolute Gasteiger partial charge is 0.266 e. The van der Waals surface area contributed by atoms with Crippen LogP contribution in [0.15, 0.2) is 52.7 Å². The van der Waals surface area contributed by atoms with Gasteiger partial charge < -0.3 is 9.15 Å². The number of Topliss-reactive ketones (excluding diaryl/α,β-unsaturated/α-hetero) is 1. The van der Waals surface area contributed by atoms with Crippen LogP contribution in [-0.4, -0.2) is 30.6 Å². The monoisotopic (exact) mass is 390 g/mol. The number of methoxy groups -OCH3 is 1. The van der Waals surface area contributed by atoms with E-state index in [-0.39, 0.29) is 30.1 Å². The molecule has 2 amide bonds. The molecular weight excluding hydrogens is 372 g/mol. The molecule has 0 unspecified atom stereocenters. The third kappa shape index (κ3) is 6.31. The number of furan rings is 1. The molecular formula is C19H19ClN2O5. The van der Waals surface area contributed by atoms with Crippen LogP contribution in [0.25, 0.3) is 6.08 Å². The fourth-order valence-corrected chi connectivity index (χ4v) is 2.32. The van der Waals surface area contributed by atoms with Crippen LogP contribution in [0.4, 0.5) is 0 Å². The molecule has 27 heavy (non-hydrogen) atoms. The van der Waals surface area contributed by atoms with E-state index in [0.717, 1.165) is 0 Å². The van der Waals surface area contributed by atoms with Gasteiger partial charge in [0, 0.05) is 29.9 Å². The molecule has 1 heterocycles. The summed E-state index contributed by atoms with van der Waals surface area (Å²) in [4.78, 5) is 36.4. The van der Waals surface area contributed by atoms with Crippen LogP contribution < -0.4 is 15.6 Å². The van der Waals surface area contributed by atoms with Gasteiger partial charge in [-0.2, -0.15) is 0 Å². The van der Waals surface area contributed by atoms with Crippen LogP contribution in [0, 0.1) is 0 Å². The predicted octanol–water partition coefficient (Wildman–Crippen LogP) is 2.72. The molecule has 2 aromatic rings. The minimum absolute atomic E-state index is 0.0594. The SMILES string of the molecule is COc1ccc(C(=O)C/C(=C\c2ccco2)C(=O)NNC(=O)CCCl)cc1. The van der Waals surface area contributed by atoms with Crippen molar-refractivity contribution in [2.45, 2.75) is 12.8 Å². The lowest BCUT2D eigenvalue weighted by molar-refractivity contribution is -0.126. The van der Waals surface area contributed by atoms with Crippen molar-refractivity contribution >= 4 is 35.3 Å². The van der Waals surface area contributed by atoms with E-state index < -0.39 is 11.8 Å². The average molecular weight is 391 g/mol. The molecule has 0 radical (unpaired) electrons. The molecule has 2 rings (SSSR count). The van der Waals surface area contributed by atoms with Crippen molar-refractivity contribution in [3.8, 4) is 5.75 Å². The topological polar surface area (TPSA) is 97.6 Å². The predicted molar refractivity (Wildman–Crippen MR) is 100 cm³/mol. The molecule has 142 valence electrons. The van der Waals surface area contributed by atoms with Gasteiger partial charge in [-0.15, -0.1) is 11.6 Å². The zero-order chi connectivity index (χ0) is 19.6. The molecule has 1 aromatic heterocycles. The van der Waals surface area contributed by atoms with E-state index in [0.29, 0.717) is 17.1 Å². The van der Waals surface area contributed by atoms with Gasteiger partial charge in [0.05, 0.1) is 13.4 Å². The molecule has 0 spiro atoms. The minimum atomic E-state index is -0.615. The molecule has 8 heteroatoms. The van der Waals surface area contributed by atoms with Gasteiger partial charge in [-0.25, -0.2) is 0 Å². The number of benzene rings is 1. The van der Waals surface area contributed by atoms with Crippen molar-refractivity contribution in [3.05, 3.63) is 59.6 Å². The second-order valence-corrected chi connectivity index (χ2v) is 5.83. The Morgan fingerprint density at radius 1 is 1.15 bits per heavy atom. The normalized spacial score (nSPS) is 11.0. The number of nitrogens with one attached hydrogen (secondary N) is 2. The Bertz CT molecular complexity index is 813. The van der Waals surface area contributed by atoms with E-state index in [9.17, 15) is 14.4 Å². The number of hydrogen-bond donors (Lipinski definition) is 2. The molecule has 7 nitrogen and oxygen atoms in total. The van der Waals surface area contributed by atoms with E-state index >= 15 is 0 Å². The standard InChI is InChI=1S/C19H19ClN2O5/c1-26-15-6-4-13(5-7-15)17(23)12-14(11-16-3-2-10-27-16)19(25)22-21-18(24)8-9-20/h2-7,10-11H,8-9,12H2,1H3,(H,21,24)(H,22,25)/b14-11+. The molecule has 0 aliphatic heterocycles. The summed E-state index contributed by atoms with van der Waals surface area (Å²) in [6.07, 6.45) is 2.79. The van der Waals surface area contributed by atoms with E-state index in [2.05, 4.69) is 10.9 Å². The number of carbonyl (C=O) groups is 3.